The molecule has 90 valence electrons. The molecule has 17 heavy (non-hydrogen) atoms. The van der Waals surface area contributed by atoms with E-state index in [9.17, 15) is 9.59 Å². The molecule has 1 aliphatic rings. The lowest BCUT2D eigenvalue weighted by atomic mass is 10.3. The summed E-state index contributed by atoms with van der Waals surface area (Å²) < 4.78 is 1.66. The summed E-state index contributed by atoms with van der Waals surface area (Å²) in [4.78, 5) is 23.9. The summed E-state index contributed by atoms with van der Waals surface area (Å²) in [5.74, 6) is -0.634. The summed E-state index contributed by atoms with van der Waals surface area (Å²) in [6.45, 7) is 3.02. The predicted molar refractivity (Wildman–Crippen MR) is 58.5 cm³/mol. The van der Waals surface area contributed by atoms with Gasteiger partial charge < -0.3 is 5.73 Å². The van der Waals surface area contributed by atoms with E-state index in [1.54, 1.807) is 4.68 Å². The van der Waals surface area contributed by atoms with Gasteiger partial charge in [-0.1, -0.05) is 5.21 Å². The standard InChI is InChI=1S/C10H13N5O2/c1-7-8(12-13-15(7)5-4-11)6-14-9(16)2-3-10(14)17/h2-3H,4-6,11H2,1H3. The van der Waals surface area contributed by atoms with Gasteiger partial charge in [0.2, 0.25) is 0 Å². The molecule has 0 aliphatic carbocycles. The first-order chi connectivity index (χ1) is 8.13. The Bertz CT molecular complexity index is 473. The van der Waals surface area contributed by atoms with E-state index in [4.69, 9.17) is 5.73 Å². The van der Waals surface area contributed by atoms with E-state index in [0.717, 1.165) is 10.6 Å². The molecule has 2 heterocycles. The molecular formula is C10H13N5O2. The maximum atomic E-state index is 11.4. The number of nitrogens with zero attached hydrogens (tertiary/aromatic N) is 4. The lowest BCUT2D eigenvalue weighted by Crippen LogP contribution is -2.29. The molecule has 1 aromatic rings. The van der Waals surface area contributed by atoms with E-state index in [-0.39, 0.29) is 18.4 Å². The Labute approximate surface area is 97.9 Å². The van der Waals surface area contributed by atoms with Crippen LogP contribution in [0.2, 0.25) is 0 Å². The summed E-state index contributed by atoms with van der Waals surface area (Å²) in [6.07, 6.45) is 2.50. The quantitative estimate of drug-likeness (QED) is 0.673. The zero-order chi connectivity index (χ0) is 12.4. The number of aromatic nitrogens is 3. The molecule has 0 atom stereocenters. The van der Waals surface area contributed by atoms with Crippen molar-refractivity contribution in [3.8, 4) is 0 Å². The number of imide groups is 1. The van der Waals surface area contributed by atoms with Crippen molar-refractivity contribution in [2.24, 2.45) is 5.73 Å². The van der Waals surface area contributed by atoms with Crippen LogP contribution in [-0.2, 0) is 22.7 Å². The minimum absolute atomic E-state index is 0.154. The molecule has 2 amide bonds. The SMILES string of the molecule is Cc1c(CN2C(=O)C=CC2=O)nnn1CCN. The fourth-order valence-electron chi connectivity index (χ4n) is 1.61. The van der Waals surface area contributed by atoms with Crippen LogP contribution in [0, 0.1) is 6.92 Å². The topological polar surface area (TPSA) is 94.1 Å². The van der Waals surface area contributed by atoms with Crippen molar-refractivity contribution < 1.29 is 9.59 Å². The maximum Gasteiger partial charge on any atom is 0.253 e. The van der Waals surface area contributed by atoms with Crippen LogP contribution >= 0.6 is 0 Å². The van der Waals surface area contributed by atoms with Crippen molar-refractivity contribution in [2.45, 2.75) is 20.0 Å². The number of carbonyl (C=O) groups is 2. The van der Waals surface area contributed by atoms with Crippen LogP contribution in [0.15, 0.2) is 12.2 Å². The zero-order valence-electron chi connectivity index (χ0n) is 9.46. The third kappa shape index (κ3) is 2.09. The van der Waals surface area contributed by atoms with Crippen molar-refractivity contribution in [1.29, 1.82) is 0 Å². The van der Waals surface area contributed by atoms with E-state index in [0.29, 0.717) is 18.8 Å². The van der Waals surface area contributed by atoms with Crippen molar-refractivity contribution in [3.63, 3.8) is 0 Å². The second-order valence-electron chi connectivity index (χ2n) is 3.73. The number of amides is 2. The Morgan fingerprint density at radius 2 is 1.94 bits per heavy atom. The highest BCUT2D eigenvalue weighted by Gasteiger charge is 2.25. The molecular weight excluding hydrogens is 222 g/mol. The second kappa shape index (κ2) is 4.46. The fourth-order valence-corrected chi connectivity index (χ4v) is 1.61. The summed E-state index contributed by atoms with van der Waals surface area (Å²) in [7, 11) is 0. The largest absolute Gasteiger partial charge is 0.329 e. The molecule has 0 radical (unpaired) electrons. The molecule has 1 aromatic heterocycles. The van der Waals surface area contributed by atoms with E-state index in [1.165, 1.54) is 12.2 Å². The summed E-state index contributed by atoms with van der Waals surface area (Å²) in [5, 5.41) is 7.86. The van der Waals surface area contributed by atoms with Crippen LogP contribution < -0.4 is 5.73 Å². The first-order valence-corrected chi connectivity index (χ1v) is 5.26. The molecule has 0 unspecified atom stereocenters. The van der Waals surface area contributed by atoms with Gasteiger partial charge in [0.15, 0.2) is 0 Å². The third-order valence-corrected chi connectivity index (χ3v) is 2.63. The highest BCUT2D eigenvalue weighted by Crippen LogP contribution is 2.11. The minimum Gasteiger partial charge on any atom is -0.329 e. The van der Waals surface area contributed by atoms with Gasteiger partial charge in [0.1, 0.15) is 5.69 Å². The maximum absolute atomic E-state index is 11.4. The van der Waals surface area contributed by atoms with Gasteiger partial charge in [-0.2, -0.15) is 0 Å². The number of carbonyl (C=O) groups excluding carboxylic acids is 2. The first-order valence-electron chi connectivity index (χ1n) is 5.26. The molecule has 0 fully saturated rings. The Morgan fingerprint density at radius 3 is 2.53 bits per heavy atom. The second-order valence-corrected chi connectivity index (χ2v) is 3.73. The highest BCUT2D eigenvalue weighted by molar-refractivity contribution is 6.12. The van der Waals surface area contributed by atoms with Crippen molar-refractivity contribution in [3.05, 3.63) is 23.5 Å². The van der Waals surface area contributed by atoms with Gasteiger partial charge in [0.05, 0.1) is 18.8 Å². The van der Waals surface area contributed by atoms with Gasteiger partial charge in [0.25, 0.3) is 11.8 Å². The lowest BCUT2D eigenvalue weighted by molar-refractivity contribution is -0.137. The zero-order valence-corrected chi connectivity index (χ0v) is 9.46. The minimum atomic E-state index is -0.317. The van der Waals surface area contributed by atoms with Gasteiger partial charge in [-0.15, -0.1) is 5.10 Å². The molecule has 7 heteroatoms. The van der Waals surface area contributed by atoms with E-state index in [2.05, 4.69) is 10.3 Å². The van der Waals surface area contributed by atoms with Gasteiger partial charge >= 0.3 is 0 Å². The molecule has 2 rings (SSSR count). The van der Waals surface area contributed by atoms with Gasteiger partial charge in [0, 0.05) is 18.7 Å². The van der Waals surface area contributed by atoms with E-state index in [1.807, 2.05) is 6.92 Å². The first kappa shape index (κ1) is 11.5. The number of hydrogen-bond acceptors (Lipinski definition) is 5. The Balaban J connectivity index is 2.14. The molecule has 0 saturated carbocycles. The van der Waals surface area contributed by atoms with Crippen LogP contribution in [0.25, 0.3) is 0 Å². The van der Waals surface area contributed by atoms with Crippen molar-refractivity contribution in [2.75, 3.05) is 6.54 Å². The van der Waals surface area contributed by atoms with Crippen molar-refractivity contribution in [1.82, 2.24) is 19.9 Å². The van der Waals surface area contributed by atoms with Crippen LogP contribution in [0.5, 0.6) is 0 Å². The Hall–Kier alpha value is -2.02. The number of nitrogens with two attached hydrogens (primary N) is 1. The molecule has 0 spiro atoms. The van der Waals surface area contributed by atoms with Gasteiger partial charge in [-0.05, 0) is 6.92 Å². The number of rotatable bonds is 4. The average Bonchev–Trinajstić information content (AvgIpc) is 2.80. The van der Waals surface area contributed by atoms with Crippen LogP contribution in [0.3, 0.4) is 0 Å². The predicted octanol–water partition coefficient (Wildman–Crippen LogP) is -1.03. The highest BCUT2D eigenvalue weighted by atomic mass is 16.2. The van der Waals surface area contributed by atoms with E-state index >= 15 is 0 Å². The smallest absolute Gasteiger partial charge is 0.253 e. The van der Waals surface area contributed by atoms with Gasteiger partial charge in [-0.25, -0.2) is 4.68 Å². The number of hydrogen-bond donors (Lipinski definition) is 1. The van der Waals surface area contributed by atoms with Crippen LogP contribution in [0.1, 0.15) is 11.4 Å². The monoisotopic (exact) mass is 235 g/mol. The Morgan fingerprint density at radius 1 is 1.29 bits per heavy atom. The molecule has 0 bridgehead atoms. The molecule has 0 saturated heterocycles. The molecule has 0 aromatic carbocycles. The summed E-state index contributed by atoms with van der Waals surface area (Å²) in [5.41, 5.74) is 6.87. The van der Waals surface area contributed by atoms with Crippen LogP contribution in [0.4, 0.5) is 0 Å². The van der Waals surface area contributed by atoms with Crippen LogP contribution in [-0.4, -0.2) is 38.3 Å². The summed E-state index contributed by atoms with van der Waals surface area (Å²) in [6, 6.07) is 0. The lowest BCUT2D eigenvalue weighted by Gasteiger charge is -2.12. The molecule has 7 nitrogen and oxygen atoms in total. The van der Waals surface area contributed by atoms with Crippen molar-refractivity contribution >= 4 is 11.8 Å². The third-order valence-electron chi connectivity index (χ3n) is 2.63. The normalized spacial score (nSPS) is 15.1. The molecule has 1 aliphatic heterocycles. The fraction of sp³-hybridized carbons (Fsp3) is 0.400. The van der Waals surface area contributed by atoms with Gasteiger partial charge in [-0.3, -0.25) is 14.5 Å². The van der Waals surface area contributed by atoms with E-state index < -0.39 is 0 Å². The Kier molecular flexibility index (Phi) is 3.01. The summed E-state index contributed by atoms with van der Waals surface area (Å²) >= 11 is 0. The molecule has 2 N–H and O–H groups in total. The average molecular weight is 235 g/mol.